The normalized spacial score (nSPS) is 11.0. The third-order valence-electron chi connectivity index (χ3n) is 5.07. The van der Waals surface area contributed by atoms with Crippen molar-refractivity contribution >= 4 is 39.4 Å². The number of aromatic amines is 1. The van der Waals surface area contributed by atoms with Gasteiger partial charge in [0.05, 0.1) is 17.6 Å². The van der Waals surface area contributed by atoms with E-state index in [9.17, 15) is 9.59 Å². The summed E-state index contributed by atoms with van der Waals surface area (Å²) in [6.07, 6.45) is 1.78. The molecular formula is C24H19N5O2. The van der Waals surface area contributed by atoms with E-state index in [1.54, 1.807) is 12.4 Å². The number of rotatable bonds is 5. The predicted octanol–water partition coefficient (Wildman–Crippen LogP) is 3.88. The minimum atomic E-state index is -0.325. The van der Waals surface area contributed by atoms with Gasteiger partial charge in [0.15, 0.2) is 0 Å². The second-order valence-corrected chi connectivity index (χ2v) is 7.15. The molecule has 0 spiro atoms. The summed E-state index contributed by atoms with van der Waals surface area (Å²) >= 11 is 0. The minimum absolute atomic E-state index is 0.123. The molecule has 0 aliphatic carbocycles. The first-order valence-electron chi connectivity index (χ1n) is 9.86. The van der Waals surface area contributed by atoms with E-state index in [1.807, 2.05) is 77.4 Å². The number of nitrogens with zero attached hydrogens (tertiary/aromatic N) is 2. The van der Waals surface area contributed by atoms with Gasteiger partial charge in [-0.3, -0.25) is 14.2 Å². The second kappa shape index (κ2) is 7.79. The van der Waals surface area contributed by atoms with Crippen LogP contribution in [0.1, 0.15) is 10.5 Å². The Balaban J connectivity index is 1.21. The molecule has 0 aliphatic heterocycles. The number of hydrogen-bond acceptors (Lipinski definition) is 3. The van der Waals surface area contributed by atoms with Crippen molar-refractivity contribution in [1.29, 1.82) is 0 Å². The molecule has 0 bridgehead atoms. The van der Waals surface area contributed by atoms with E-state index in [4.69, 9.17) is 0 Å². The van der Waals surface area contributed by atoms with Crippen LogP contribution in [0.15, 0.2) is 85.2 Å². The van der Waals surface area contributed by atoms with Crippen molar-refractivity contribution in [2.45, 2.75) is 0 Å². The van der Waals surface area contributed by atoms with E-state index in [1.165, 1.54) is 0 Å². The SMILES string of the molecule is O=C(CNC(=O)c1cc2ccccc2[nH]1)Nc1ccc(-n2cnc3ccccc32)cc1. The lowest BCUT2D eigenvalue weighted by Crippen LogP contribution is -2.33. The van der Waals surface area contributed by atoms with Gasteiger partial charge in [-0.2, -0.15) is 0 Å². The highest BCUT2D eigenvalue weighted by Gasteiger charge is 2.11. The third kappa shape index (κ3) is 3.76. The van der Waals surface area contributed by atoms with Gasteiger partial charge in [0.2, 0.25) is 5.91 Å². The summed E-state index contributed by atoms with van der Waals surface area (Å²) in [5.41, 5.74) is 4.83. The molecule has 31 heavy (non-hydrogen) atoms. The topological polar surface area (TPSA) is 91.8 Å². The number of carbonyl (C=O) groups excluding carboxylic acids is 2. The number of H-pyrrole nitrogens is 1. The number of para-hydroxylation sites is 3. The van der Waals surface area contributed by atoms with Crippen LogP contribution in [-0.2, 0) is 4.79 Å². The molecule has 3 N–H and O–H groups in total. The highest BCUT2D eigenvalue weighted by Crippen LogP contribution is 2.19. The van der Waals surface area contributed by atoms with Gasteiger partial charge in [0.1, 0.15) is 12.0 Å². The summed E-state index contributed by atoms with van der Waals surface area (Å²) in [6.45, 7) is -0.123. The third-order valence-corrected chi connectivity index (χ3v) is 5.07. The number of benzene rings is 3. The van der Waals surface area contributed by atoms with Crippen molar-refractivity contribution in [3.63, 3.8) is 0 Å². The number of carbonyl (C=O) groups is 2. The highest BCUT2D eigenvalue weighted by molar-refractivity contribution is 6.01. The standard InChI is InChI=1S/C24H19N5O2/c30-23(14-25-24(31)21-13-16-5-1-2-6-19(16)28-21)27-17-9-11-18(12-10-17)29-15-26-20-7-3-4-8-22(20)29/h1-13,15,28H,14H2,(H,25,31)(H,27,30). The Hall–Kier alpha value is -4.39. The lowest BCUT2D eigenvalue weighted by Gasteiger charge is -2.08. The largest absolute Gasteiger partial charge is 0.351 e. The Kier molecular flexibility index (Phi) is 4.68. The van der Waals surface area contributed by atoms with Gasteiger partial charge >= 0.3 is 0 Å². The van der Waals surface area contributed by atoms with Crippen molar-refractivity contribution in [3.05, 3.63) is 90.9 Å². The van der Waals surface area contributed by atoms with Gasteiger partial charge in [-0.25, -0.2) is 4.98 Å². The number of aromatic nitrogens is 3. The van der Waals surface area contributed by atoms with Crippen LogP contribution in [0.4, 0.5) is 5.69 Å². The molecule has 7 heteroatoms. The van der Waals surface area contributed by atoms with Crippen LogP contribution in [0.3, 0.4) is 0 Å². The van der Waals surface area contributed by atoms with Crippen molar-refractivity contribution < 1.29 is 9.59 Å². The van der Waals surface area contributed by atoms with Gasteiger partial charge in [0.25, 0.3) is 5.91 Å². The maximum absolute atomic E-state index is 12.3. The second-order valence-electron chi connectivity index (χ2n) is 7.15. The molecule has 0 radical (unpaired) electrons. The summed E-state index contributed by atoms with van der Waals surface area (Å²) < 4.78 is 1.99. The van der Waals surface area contributed by atoms with Crippen LogP contribution in [0, 0.1) is 0 Å². The van der Waals surface area contributed by atoms with Gasteiger partial charge in [-0.05, 0) is 48.5 Å². The van der Waals surface area contributed by atoms with E-state index in [0.29, 0.717) is 11.4 Å². The number of fused-ring (bicyclic) bond motifs is 2. The van der Waals surface area contributed by atoms with Crippen molar-refractivity contribution in [1.82, 2.24) is 19.9 Å². The lowest BCUT2D eigenvalue weighted by atomic mass is 10.2. The average molecular weight is 409 g/mol. The Bertz CT molecular complexity index is 1370. The van der Waals surface area contributed by atoms with Gasteiger partial charge < -0.3 is 15.6 Å². The van der Waals surface area contributed by atoms with Crippen molar-refractivity contribution in [3.8, 4) is 5.69 Å². The van der Waals surface area contributed by atoms with Crippen LogP contribution < -0.4 is 10.6 Å². The number of anilines is 1. The zero-order chi connectivity index (χ0) is 21.2. The van der Waals surface area contributed by atoms with Gasteiger partial charge in [0, 0.05) is 22.3 Å². The molecule has 2 amide bonds. The number of hydrogen-bond donors (Lipinski definition) is 3. The van der Waals surface area contributed by atoms with E-state index in [-0.39, 0.29) is 18.4 Å². The van der Waals surface area contributed by atoms with E-state index in [0.717, 1.165) is 27.6 Å². The molecule has 7 nitrogen and oxygen atoms in total. The van der Waals surface area contributed by atoms with E-state index < -0.39 is 0 Å². The molecular weight excluding hydrogens is 390 g/mol. The molecule has 5 aromatic rings. The molecule has 152 valence electrons. The Morgan fingerprint density at radius 2 is 1.71 bits per heavy atom. The number of nitrogens with one attached hydrogen (secondary N) is 3. The average Bonchev–Trinajstić information content (AvgIpc) is 3.42. The molecule has 0 aliphatic rings. The summed E-state index contributed by atoms with van der Waals surface area (Å²) in [7, 11) is 0. The number of amides is 2. The first kappa shape index (κ1) is 18.6. The molecule has 0 saturated carbocycles. The van der Waals surface area contributed by atoms with Crippen LogP contribution >= 0.6 is 0 Å². The Morgan fingerprint density at radius 1 is 0.935 bits per heavy atom. The minimum Gasteiger partial charge on any atom is -0.351 e. The van der Waals surface area contributed by atoms with Crippen LogP contribution in [-0.4, -0.2) is 32.9 Å². The molecule has 5 rings (SSSR count). The van der Waals surface area contributed by atoms with Crippen molar-refractivity contribution in [2.75, 3.05) is 11.9 Å². The van der Waals surface area contributed by atoms with Crippen LogP contribution in [0.25, 0.3) is 27.6 Å². The molecule has 0 saturated heterocycles. The summed E-state index contributed by atoms with van der Waals surface area (Å²) in [4.78, 5) is 32.0. The maximum Gasteiger partial charge on any atom is 0.268 e. The highest BCUT2D eigenvalue weighted by atomic mass is 16.2. The monoisotopic (exact) mass is 409 g/mol. The Morgan fingerprint density at radius 3 is 2.55 bits per heavy atom. The summed E-state index contributed by atoms with van der Waals surface area (Å²) in [5.74, 6) is -0.626. The van der Waals surface area contributed by atoms with Crippen molar-refractivity contribution in [2.24, 2.45) is 0 Å². The van der Waals surface area contributed by atoms with E-state index in [2.05, 4.69) is 20.6 Å². The first-order valence-corrected chi connectivity index (χ1v) is 9.86. The fourth-order valence-corrected chi connectivity index (χ4v) is 3.53. The smallest absolute Gasteiger partial charge is 0.268 e. The number of imidazole rings is 1. The zero-order valence-corrected chi connectivity index (χ0v) is 16.5. The van der Waals surface area contributed by atoms with E-state index >= 15 is 0 Å². The van der Waals surface area contributed by atoms with Gasteiger partial charge in [-0.1, -0.05) is 30.3 Å². The first-order chi connectivity index (χ1) is 15.2. The molecule has 0 atom stereocenters. The van der Waals surface area contributed by atoms with Crippen LogP contribution in [0.2, 0.25) is 0 Å². The van der Waals surface area contributed by atoms with Gasteiger partial charge in [-0.15, -0.1) is 0 Å². The summed E-state index contributed by atoms with van der Waals surface area (Å²) in [5, 5.41) is 6.38. The fraction of sp³-hybridized carbons (Fsp3) is 0.0417. The molecule has 2 aromatic heterocycles. The fourth-order valence-electron chi connectivity index (χ4n) is 3.53. The van der Waals surface area contributed by atoms with Crippen LogP contribution in [0.5, 0.6) is 0 Å². The zero-order valence-electron chi connectivity index (χ0n) is 16.5. The lowest BCUT2D eigenvalue weighted by molar-refractivity contribution is -0.115. The molecule has 0 fully saturated rings. The molecule has 3 aromatic carbocycles. The maximum atomic E-state index is 12.3. The Labute approximate surface area is 177 Å². The quantitative estimate of drug-likeness (QED) is 0.411. The predicted molar refractivity (Wildman–Crippen MR) is 120 cm³/mol. The summed E-state index contributed by atoms with van der Waals surface area (Å²) in [6, 6.07) is 24.7. The molecule has 0 unspecified atom stereocenters. The molecule has 2 heterocycles.